The highest BCUT2D eigenvalue weighted by Gasteiger charge is 2.16. The van der Waals surface area contributed by atoms with Gasteiger partial charge >= 0.3 is 0 Å². The number of benzene rings is 1. The molecule has 0 spiro atoms. The van der Waals surface area contributed by atoms with E-state index in [1.807, 2.05) is 19.1 Å². The number of methoxy groups -OCH3 is 2. The van der Waals surface area contributed by atoms with Gasteiger partial charge in [-0.3, -0.25) is 5.10 Å². The third-order valence-electron chi connectivity index (χ3n) is 2.99. The highest BCUT2D eigenvalue weighted by molar-refractivity contribution is 5.49. The number of aromatic amines is 1. The largest absolute Gasteiger partial charge is 0.493 e. The maximum Gasteiger partial charge on any atom is 0.161 e. The molecule has 0 aliphatic heterocycles. The fraction of sp³-hybridized carbons (Fsp3) is 0.308. The van der Waals surface area contributed by atoms with E-state index in [9.17, 15) is 0 Å². The number of hydrogen-bond donors (Lipinski definition) is 2. The molecule has 0 bridgehead atoms. The van der Waals surface area contributed by atoms with E-state index >= 15 is 0 Å². The number of aryl methyl sites for hydroxylation is 1. The van der Waals surface area contributed by atoms with Crippen LogP contribution in [-0.4, -0.2) is 24.4 Å². The van der Waals surface area contributed by atoms with Crippen LogP contribution in [0.15, 0.2) is 24.5 Å². The van der Waals surface area contributed by atoms with Crippen LogP contribution >= 0.6 is 0 Å². The van der Waals surface area contributed by atoms with Crippen LogP contribution < -0.4 is 15.2 Å². The van der Waals surface area contributed by atoms with Crippen molar-refractivity contribution in [2.24, 2.45) is 5.73 Å². The molecule has 1 aromatic heterocycles. The summed E-state index contributed by atoms with van der Waals surface area (Å²) in [4.78, 5) is 0. The van der Waals surface area contributed by atoms with Crippen molar-refractivity contribution in [1.29, 1.82) is 0 Å². The normalized spacial score (nSPS) is 12.2. The Morgan fingerprint density at radius 3 is 2.44 bits per heavy atom. The third kappa shape index (κ3) is 2.17. The van der Waals surface area contributed by atoms with Gasteiger partial charge < -0.3 is 15.2 Å². The monoisotopic (exact) mass is 247 g/mol. The molecule has 0 aliphatic rings. The predicted octanol–water partition coefficient (Wildman–Crippen LogP) is 1.78. The Balaban J connectivity index is 2.45. The van der Waals surface area contributed by atoms with E-state index in [1.165, 1.54) is 0 Å². The maximum absolute atomic E-state index is 6.22. The Morgan fingerprint density at radius 2 is 1.89 bits per heavy atom. The lowest BCUT2D eigenvalue weighted by molar-refractivity contribution is 0.354. The molecule has 1 atom stereocenters. The molecule has 0 fully saturated rings. The van der Waals surface area contributed by atoms with Gasteiger partial charge in [-0.05, 0) is 30.2 Å². The molecule has 0 saturated carbocycles. The number of hydrogen-bond acceptors (Lipinski definition) is 4. The third-order valence-corrected chi connectivity index (χ3v) is 2.99. The van der Waals surface area contributed by atoms with Gasteiger partial charge in [-0.2, -0.15) is 5.10 Å². The first-order valence-electron chi connectivity index (χ1n) is 5.64. The molecule has 18 heavy (non-hydrogen) atoms. The van der Waals surface area contributed by atoms with Crippen molar-refractivity contribution in [1.82, 2.24) is 10.2 Å². The van der Waals surface area contributed by atoms with E-state index in [4.69, 9.17) is 15.2 Å². The van der Waals surface area contributed by atoms with Crippen LogP contribution in [0.3, 0.4) is 0 Å². The van der Waals surface area contributed by atoms with Crippen molar-refractivity contribution in [3.63, 3.8) is 0 Å². The zero-order chi connectivity index (χ0) is 13.1. The molecule has 1 aromatic carbocycles. The zero-order valence-corrected chi connectivity index (χ0v) is 10.7. The Hall–Kier alpha value is -2.01. The molecule has 1 unspecified atom stereocenters. The number of aromatic nitrogens is 2. The molecule has 1 heterocycles. The second kappa shape index (κ2) is 5.10. The van der Waals surface area contributed by atoms with Gasteiger partial charge in [-0.25, -0.2) is 0 Å². The first-order chi connectivity index (χ1) is 8.67. The molecule has 0 amide bonds. The van der Waals surface area contributed by atoms with Crippen LogP contribution in [-0.2, 0) is 0 Å². The van der Waals surface area contributed by atoms with E-state index < -0.39 is 0 Å². The molecule has 0 saturated heterocycles. The van der Waals surface area contributed by atoms with Crippen LogP contribution in [0.4, 0.5) is 0 Å². The number of nitrogens with one attached hydrogen (secondary N) is 1. The minimum absolute atomic E-state index is 0.233. The fourth-order valence-corrected chi connectivity index (χ4v) is 1.94. The summed E-state index contributed by atoms with van der Waals surface area (Å²) in [7, 11) is 3.23. The second-order valence-electron chi connectivity index (χ2n) is 4.07. The van der Waals surface area contributed by atoms with E-state index in [0.29, 0.717) is 11.5 Å². The lowest BCUT2D eigenvalue weighted by Crippen LogP contribution is -2.13. The van der Waals surface area contributed by atoms with Gasteiger partial charge in [0.15, 0.2) is 11.5 Å². The van der Waals surface area contributed by atoms with E-state index in [2.05, 4.69) is 10.2 Å². The summed E-state index contributed by atoms with van der Waals surface area (Å²) in [5.74, 6) is 1.38. The van der Waals surface area contributed by atoms with Crippen molar-refractivity contribution in [3.8, 4) is 11.5 Å². The van der Waals surface area contributed by atoms with Crippen molar-refractivity contribution in [2.45, 2.75) is 13.0 Å². The number of rotatable bonds is 4. The van der Waals surface area contributed by atoms with Crippen LogP contribution in [0.25, 0.3) is 0 Å². The predicted molar refractivity (Wildman–Crippen MR) is 68.9 cm³/mol. The maximum atomic E-state index is 6.22. The number of nitrogens with two attached hydrogens (primary N) is 1. The Morgan fingerprint density at radius 1 is 1.22 bits per heavy atom. The van der Waals surface area contributed by atoms with Crippen LogP contribution in [0, 0.1) is 6.92 Å². The first-order valence-corrected chi connectivity index (χ1v) is 5.64. The number of nitrogens with zero attached hydrogens (tertiary/aromatic N) is 1. The van der Waals surface area contributed by atoms with Crippen LogP contribution in [0.2, 0.25) is 0 Å². The minimum Gasteiger partial charge on any atom is -0.493 e. The highest BCUT2D eigenvalue weighted by atomic mass is 16.5. The minimum atomic E-state index is -0.233. The molecular weight excluding hydrogens is 230 g/mol. The molecule has 5 nitrogen and oxygen atoms in total. The van der Waals surface area contributed by atoms with Gasteiger partial charge in [0, 0.05) is 11.8 Å². The van der Waals surface area contributed by atoms with Gasteiger partial charge in [-0.15, -0.1) is 0 Å². The molecule has 96 valence electrons. The standard InChI is InChI=1S/C13H17N3O2/c1-8-4-11(17-2)12(18-3)5-10(8)13(14)9-6-15-16-7-9/h4-7,13H,14H2,1-3H3,(H,15,16). The lowest BCUT2D eigenvalue weighted by Gasteiger charge is -2.16. The van der Waals surface area contributed by atoms with Crippen molar-refractivity contribution in [3.05, 3.63) is 41.2 Å². The van der Waals surface area contributed by atoms with Crippen molar-refractivity contribution < 1.29 is 9.47 Å². The summed E-state index contributed by atoms with van der Waals surface area (Å²) in [6.45, 7) is 2.00. The molecule has 0 aliphatic carbocycles. The Bertz CT molecular complexity index is 523. The molecular formula is C13H17N3O2. The van der Waals surface area contributed by atoms with Gasteiger partial charge in [0.2, 0.25) is 0 Å². The average Bonchev–Trinajstić information content (AvgIpc) is 2.91. The van der Waals surface area contributed by atoms with Gasteiger partial charge in [0.25, 0.3) is 0 Å². The molecule has 0 radical (unpaired) electrons. The quantitative estimate of drug-likeness (QED) is 0.863. The van der Waals surface area contributed by atoms with Gasteiger partial charge in [0.1, 0.15) is 0 Å². The summed E-state index contributed by atoms with van der Waals surface area (Å²) < 4.78 is 10.6. The number of ether oxygens (including phenoxy) is 2. The fourth-order valence-electron chi connectivity index (χ4n) is 1.94. The SMILES string of the molecule is COc1cc(C)c(C(N)c2cn[nH]c2)cc1OC. The summed E-state index contributed by atoms with van der Waals surface area (Å²) in [5, 5.41) is 6.68. The van der Waals surface area contributed by atoms with Crippen molar-refractivity contribution in [2.75, 3.05) is 14.2 Å². The molecule has 2 rings (SSSR count). The van der Waals surface area contributed by atoms with Gasteiger partial charge in [-0.1, -0.05) is 0 Å². The molecule has 2 aromatic rings. The molecule has 5 heteroatoms. The summed E-state index contributed by atoms with van der Waals surface area (Å²) in [5.41, 5.74) is 9.21. The summed E-state index contributed by atoms with van der Waals surface area (Å²) in [6.07, 6.45) is 3.52. The second-order valence-corrected chi connectivity index (χ2v) is 4.07. The Kier molecular flexibility index (Phi) is 3.53. The highest BCUT2D eigenvalue weighted by Crippen LogP contribution is 2.33. The number of H-pyrrole nitrogens is 1. The van der Waals surface area contributed by atoms with Crippen molar-refractivity contribution >= 4 is 0 Å². The zero-order valence-electron chi connectivity index (χ0n) is 10.7. The van der Waals surface area contributed by atoms with E-state index in [0.717, 1.165) is 16.7 Å². The summed E-state index contributed by atoms with van der Waals surface area (Å²) >= 11 is 0. The lowest BCUT2D eigenvalue weighted by atomic mass is 9.97. The smallest absolute Gasteiger partial charge is 0.161 e. The topological polar surface area (TPSA) is 73.2 Å². The average molecular weight is 247 g/mol. The summed E-state index contributed by atoms with van der Waals surface area (Å²) in [6, 6.07) is 3.60. The van der Waals surface area contributed by atoms with E-state index in [-0.39, 0.29) is 6.04 Å². The Labute approximate surface area is 106 Å². The van der Waals surface area contributed by atoms with E-state index in [1.54, 1.807) is 26.6 Å². The molecule has 3 N–H and O–H groups in total. The first kappa shape index (κ1) is 12.4. The van der Waals surface area contributed by atoms with Crippen LogP contribution in [0.5, 0.6) is 11.5 Å². The van der Waals surface area contributed by atoms with Crippen LogP contribution in [0.1, 0.15) is 22.7 Å². The van der Waals surface area contributed by atoms with Gasteiger partial charge in [0.05, 0.1) is 26.5 Å².